The van der Waals surface area contributed by atoms with Gasteiger partial charge >= 0.3 is 0 Å². The lowest BCUT2D eigenvalue weighted by Crippen LogP contribution is -2.11. The lowest BCUT2D eigenvalue weighted by atomic mass is 10.2. The predicted molar refractivity (Wildman–Crippen MR) is 62.7 cm³/mol. The van der Waals surface area contributed by atoms with Crippen LogP contribution < -0.4 is 10.5 Å². The van der Waals surface area contributed by atoms with Crippen molar-refractivity contribution in [2.45, 2.75) is 13.0 Å². The monoisotopic (exact) mass is 235 g/mol. The van der Waals surface area contributed by atoms with Crippen molar-refractivity contribution in [1.82, 2.24) is 9.55 Å². The molecule has 1 aromatic heterocycles. The van der Waals surface area contributed by atoms with Crippen molar-refractivity contribution in [2.24, 2.45) is 5.73 Å². The summed E-state index contributed by atoms with van der Waals surface area (Å²) in [4.78, 5) is 3.99. The molecule has 0 fully saturated rings. The molecule has 2 aromatic rings. The third-order valence-electron chi connectivity index (χ3n) is 2.55. The van der Waals surface area contributed by atoms with Crippen LogP contribution >= 0.6 is 0 Å². The number of nitrogens with zero attached hydrogens (tertiary/aromatic N) is 2. The number of benzene rings is 1. The molecule has 1 heterocycles. The average Bonchev–Trinajstić information content (AvgIpc) is 2.78. The van der Waals surface area contributed by atoms with Crippen LogP contribution in [0.3, 0.4) is 0 Å². The summed E-state index contributed by atoms with van der Waals surface area (Å²) in [5, 5.41) is 0. The first-order valence-electron chi connectivity index (χ1n) is 5.25. The molecule has 0 unspecified atom stereocenters. The number of rotatable bonds is 3. The van der Waals surface area contributed by atoms with Gasteiger partial charge in [-0.15, -0.1) is 0 Å². The van der Waals surface area contributed by atoms with Crippen LogP contribution in [0.25, 0.3) is 5.69 Å². The molecule has 1 atom stereocenters. The molecule has 5 heteroatoms. The first-order valence-corrected chi connectivity index (χ1v) is 5.25. The van der Waals surface area contributed by atoms with Gasteiger partial charge in [-0.3, -0.25) is 4.57 Å². The maximum absolute atomic E-state index is 13.8. The predicted octanol–water partition coefficient (Wildman–Crippen LogP) is 2.04. The first kappa shape index (κ1) is 11.6. The van der Waals surface area contributed by atoms with Gasteiger partial charge in [-0.05, 0) is 19.1 Å². The van der Waals surface area contributed by atoms with E-state index in [1.165, 1.54) is 19.5 Å². The molecule has 4 nitrogen and oxygen atoms in total. The van der Waals surface area contributed by atoms with Gasteiger partial charge in [0.15, 0.2) is 0 Å². The molecule has 0 aliphatic carbocycles. The lowest BCUT2D eigenvalue weighted by molar-refractivity contribution is 0.413. The minimum Gasteiger partial charge on any atom is -0.497 e. The molecule has 0 amide bonds. The van der Waals surface area contributed by atoms with Gasteiger partial charge in [0.25, 0.3) is 0 Å². The normalized spacial score (nSPS) is 12.5. The van der Waals surface area contributed by atoms with E-state index in [2.05, 4.69) is 4.98 Å². The molecule has 0 aliphatic heterocycles. The molecule has 2 N–H and O–H groups in total. The molecule has 1 aromatic carbocycles. The van der Waals surface area contributed by atoms with Crippen molar-refractivity contribution in [3.63, 3.8) is 0 Å². The summed E-state index contributed by atoms with van der Waals surface area (Å²) < 4.78 is 20.5. The van der Waals surface area contributed by atoms with E-state index in [9.17, 15) is 4.39 Å². The molecule has 90 valence electrons. The van der Waals surface area contributed by atoms with Crippen LogP contribution in [0, 0.1) is 5.82 Å². The molecule has 0 saturated carbocycles. The summed E-state index contributed by atoms with van der Waals surface area (Å²) in [6.07, 6.45) is 3.17. The summed E-state index contributed by atoms with van der Waals surface area (Å²) in [5.74, 6) is 0.247. The molecule has 0 saturated heterocycles. The maximum Gasteiger partial charge on any atom is 0.147 e. The fourth-order valence-electron chi connectivity index (χ4n) is 1.65. The fraction of sp³-hybridized carbons (Fsp3) is 0.250. The van der Waals surface area contributed by atoms with E-state index in [1.54, 1.807) is 22.9 Å². The molecule has 17 heavy (non-hydrogen) atoms. The summed E-state index contributed by atoms with van der Waals surface area (Å²) in [6, 6.07) is 4.33. The molecular weight excluding hydrogens is 221 g/mol. The largest absolute Gasteiger partial charge is 0.497 e. The quantitative estimate of drug-likeness (QED) is 0.885. The Morgan fingerprint density at radius 2 is 2.24 bits per heavy atom. The number of nitrogens with two attached hydrogens (primary N) is 1. The number of aromatic nitrogens is 2. The van der Waals surface area contributed by atoms with Gasteiger partial charge in [0.05, 0.1) is 31.0 Å². The van der Waals surface area contributed by atoms with Crippen molar-refractivity contribution in [1.29, 1.82) is 0 Å². The Morgan fingerprint density at radius 3 is 2.88 bits per heavy atom. The van der Waals surface area contributed by atoms with E-state index in [1.807, 2.05) is 6.92 Å². The maximum atomic E-state index is 13.8. The smallest absolute Gasteiger partial charge is 0.147 e. The SMILES string of the molecule is COc1ccc(F)c(-n2cncc2[C@H](C)N)c1. The molecule has 0 bridgehead atoms. The van der Waals surface area contributed by atoms with Gasteiger partial charge in [-0.25, -0.2) is 9.37 Å². The van der Waals surface area contributed by atoms with E-state index >= 15 is 0 Å². The van der Waals surface area contributed by atoms with Gasteiger partial charge in [-0.2, -0.15) is 0 Å². The van der Waals surface area contributed by atoms with Crippen LogP contribution in [-0.4, -0.2) is 16.7 Å². The third kappa shape index (κ3) is 2.14. The highest BCUT2D eigenvalue weighted by Crippen LogP contribution is 2.23. The number of hydrogen-bond acceptors (Lipinski definition) is 3. The Bertz CT molecular complexity index is 522. The Kier molecular flexibility index (Phi) is 3.10. The van der Waals surface area contributed by atoms with Crippen LogP contribution in [0.2, 0.25) is 0 Å². The summed E-state index contributed by atoms with van der Waals surface area (Å²) >= 11 is 0. The van der Waals surface area contributed by atoms with Gasteiger partial charge in [0.1, 0.15) is 11.6 Å². The minimum absolute atomic E-state index is 0.219. The zero-order valence-corrected chi connectivity index (χ0v) is 9.72. The van der Waals surface area contributed by atoms with E-state index in [4.69, 9.17) is 10.5 Å². The molecule has 0 radical (unpaired) electrons. The number of halogens is 1. The fourth-order valence-corrected chi connectivity index (χ4v) is 1.65. The van der Waals surface area contributed by atoms with E-state index in [0.717, 1.165) is 5.69 Å². The average molecular weight is 235 g/mol. The molecule has 0 spiro atoms. The van der Waals surface area contributed by atoms with Crippen LogP contribution in [0.1, 0.15) is 18.7 Å². The number of imidazole rings is 1. The molecule has 0 aliphatic rings. The number of methoxy groups -OCH3 is 1. The number of hydrogen-bond donors (Lipinski definition) is 1. The summed E-state index contributed by atoms with van der Waals surface area (Å²) in [7, 11) is 1.54. The Morgan fingerprint density at radius 1 is 1.47 bits per heavy atom. The van der Waals surface area contributed by atoms with Crippen molar-refractivity contribution in [2.75, 3.05) is 7.11 Å². The third-order valence-corrected chi connectivity index (χ3v) is 2.55. The minimum atomic E-state index is -0.342. The standard InChI is InChI=1S/C12H14FN3O/c1-8(14)12-6-15-7-16(12)11-5-9(17-2)3-4-10(11)13/h3-8H,14H2,1-2H3/t8-/m0/s1. The van der Waals surface area contributed by atoms with Crippen molar-refractivity contribution in [3.8, 4) is 11.4 Å². The summed E-state index contributed by atoms with van der Waals surface area (Å²) in [5.41, 5.74) is 6.93. The van der Waals surface area contributed by atoms with Crippen LogP contribution in [0.15, 0.2) is 30.7 Å². The van der Waals surface area contributed by atoms with Crippen LogP contribution in [0.4, 0.5) is 4.39 Å². The topological polar surface area (TPSA) is 53.1 Å². The van der Waals surface area contributed by atoms with Crippen molar-refractivity contribution < 1.29 is 9.13 Å². The van der Waals surface area contributed by atoms with Gasteiger partial charge in [-0.1, -0.05) is 0 Å². The first-order chi connectivity index (χ1) is 8.13. The van der Waals surface area contributed by atoms with Gasteiger partial charge < -0.3 is 10.5 Å². The second kappa shape index (κ2) is 4.55. The highest BCUT2D eigenvalue weighted by molar-refractivity contribution is 5.42. The second-order valence-corrected chi connectivity index (χ2v) is 3.79. The highest BCUT2D eigenvalue weighted by Gasteiger charge is 2.12. The number of ether oxygens (including phenoxy) is 1. The summed E-state index contributed by atoms with van der Waals surface area (Å²) in [6.45, 7) is 1.82. The van der Waals surface area contributed by atoms with E-state index < -0.39 is 0 Å². The zero-order chi connectivity index (χ0) is 12.4. The van der Waals surface area contributed by atoms with E-state index in [0.29, 0.717) is 11.4 Å². The Labute approximate surface area is 98.8 Å². The molecule has 2 rings (SSSR count). The Hall–Kier alpha value is -1.88. The van der Waals surface area contributed by atoms with Crippen LogP contribution in [-0.2, 0) is 0 Å². The van der Waals surface area contributed by atoms with Crippen molar-refractivity contribution in [3.05, 3.63) is 42.2 Å². The zero-order valence-electron chi connectivity index (χ0n) is 9.72. The Balaban J connectivity index is 2.55. The van der Waals surface area contributed by atoms with E-state index in [-0.39, 0.29) is 11.9 Å². The van der Waals surface area contributed by atoms with Gasteiger partial charge in [0, 0.05) is 12.1 Å². The highest BCUT2D eigenvalue weighted by atomic mass is 19.1. The van der Waals surface area contributed by atoms with Crippen LogP contribution in [0.5, 0.6) is 5.75 Å². The van der Waals surface area contributed by atoms with Gasteiger partial charge in [0.2, 0.25) is 0 Å². The lowest BCUT2D eigenvalue weighted by Gasteiger charge is -2.12. The second-order valence-electron chi connectivity index (χ2n) is 3.79. The van der Waals surface area contributed by atoms with Crippen molar-refractivity contribution >= 4 is 0 Å². The molecular formula is C12H14FN3O.